The van der Waals surface area contributed by atoms with Gasteiger partial charge in [0.15, 0.2) is 0 Å². The van der Waals surface area contributed by atoms with Gasteiger partial charge in [0.25, 0.3) is 0 Å². The zero-order chi connectivity index (χ0) is 17.4. The molecule has 124 valence electrons. The third-order valence-corrected chi connectivity index (χ3v) is 3.99. The fourth-order valence-electron chi connectivity index (χ4n) is 1.13. The molecule has 0 aromatic heterocycles. The lowest BCUT2D eigenvalue weighted by Gasteiger charge is -2.21. The maximum atomic E-state index is 11.8. The molecule has 0 saturated heterocycles. The molecule has 0 radical (unpaired) electrons. The predicted octanol–water partition coefficient (Wildman–Crippen LogP) is 4.57. The van der Waals surface area contributed by atoms with Crippen LogP contribution in [0, 0.1) is 10.8 Å². The summed E-state index contributed by atoms with van der Waals surface area (Å²) in [6.07, 6.45) is 1.52. The highest BCUT2D eigenvalue weighted by Crippen LogP contribution is 2.22. The van der Waals surface area contributed by atoms with Crippen molar-refractivity contribution in [3.8, 4) is 0 Å². The number of carboxylic acids is 1. The second kappa shape index (κ2) is 8.57. The van der Waals surface area contributed by atoms with Crippen LogP contribution in [0.2, 0.25) is 0 Å². The minimum absolute atomic E-state index is 0.0752. The maximum absolute atomic E-state index is 11.8. The normalized spacial score (nSPS) is 11.2. The summed E-state index contributed by atoms with van der Waals surface area (Å²) in [5.41, 5.74) is 0.0227. The van der Waals surface area contributed by atoms with Crippen molar-refractivity contribution in [2.75, 3.05) is 5.32 Å². The van der Waals surface area contributed by atoms with E-state index < -0.39 is 11.4 Å². The summed E-state index contributed by atoms with van der Waals surface area (Å²) in [4.78, 5) is 22.0. The molecule has 0 heterocycles. The monoisotopic (exact) mass is 307 g/mol. The first-order chi connectivity index (χ1) is 10.1. The highest BCUT2D eigenvalue weighted by molar-refractivity contribution is 5.94. The van der Waals surface area contributed by atoms with E-state index in [4.69, 9.17) is 5.11 Å². The molecule has 0 aliphatic rings. The first kappa shape index (κ1) is 20.2. The molecular formula is C18H29NO3. The lowest BCUT2D eigenvalue weighted by atomic mass is 9.89. The number of carbonyl (C=O) groups excluding carboxylic acids is 1. The van der Waals surface area contributed by atoms with Gasteiger partial charge in [0.2, 0.25) is 5.91 Å². The Balaban J connectivity index is 0.000000472. The molecule has 0 saturated carbocycles. The second-order valence-electron chi connectivity index (χ2n) is 6.60. The first-order valence-corrected chi connectivity index (χ1v) is 7.66. The molecule has 1 aromatic rings. The van der Waals surface area contributed by atoms with Crippen molar-refractivity contribution in [2.24, 2.45) is 10.8 Å². The highest BCUT2D eigenvalue weighted by atomic mass is 16.4. The summed E-state index contributed by atoms with van der Waals surface area (Å²) in [5.74, 6) is -0.647. The van der Waals surface area contributed by atoms with Crippen molar-refractivity contribution in [2.45, 2.75) is 54.4 Å². The van der Waals surface area contributed by atoms with Gasteiger partial charge in [-0.1, -0.05) is 45.9 Å². The van der Waals surface area contributed by atoms with Gasteiger partial charge in [0, 0.05) is 11.1 Å². The number of para-hydroxylation sites is 1. The summed E-state index contributed by atoms with van der Waals surface area (Å²) in [6, 6.07) is 9.54. The van der Waals surface area contributed by atoms with Gasteiger partial charge in [-0.05, 0) is 38.8 Å². The lowest BCUT2D eigenvalue weighted by Crippen LogP contribution is -2.29. The average molecular weight is 307 g/mol. The maximum Gasteiger partial charge on any atom is 0.309 e. The van der Waals surface area contributed by atoms with Gasteiger partial charge < -0.3 is 10.4 Å². The van der Waals surface area contributed by atoms with Crippen LogP contribution in [0.25, 0.3) is 0 Å². The molecule has 0 fully saturated rings. The topological polar surface area (TPSA) is 66.4 Å². The van der Waals surface area contributed by atoms with Crippen molar-refractivity contribution < 1.29 is 14.7 Å². The minimum atomic E-state index is -0.722. The standard InChI is InChI=1S/C12H17NO.C6H12O2/c1-4-12(2,3)11(14)13-10-8-6-5-7-9-10;1-4-6(2,3)5(7)8/h5-9H,4H2,1-3H3,(H,13,14);4H2,1-3H3,(H,7,8). The number of nitrogens with one attached hydrogen (secondary N) is 1. The molecule has 0 aliphatic carbocycles. The van der Waals surface area contributed by atoms with Gasteiger partial charge in [-0.15, -0.1) is 0 Å². The fourth-order valence-corrected chi connectivity index (χ4v) is 1.13. The van der Waals surface area contributed by atoms with E-state index >= 15 is 0 Å². The van der Waals surface area contributed by atoms with Crippen molar-refractivity contribution >= 4 is 17.6 Å². The summed E-state index contributed by atoms with van der Waals surface area (Å²) < 4.78 is 0. The third kappa shape index (κ3) is 6.74. The zero-order valence-corrected chi connectivity index (χ0v) is 14.6. The zero-order valence-electron chi connectivity index (χ0n) is 14.6. The number of anilines is 1. The Labute approximate surface area is 133 Å². The average Bonchev–Trinajstić information content (AvgIpc) is 2.48. The molecule has 0 bridgehead atoms. The molecule has 1 rings (SSSR count). The Bertz CT molecular complexity index is 478. The van der Waals surface area contributed by atoms with Crippen LogP contribution in [0.1, 0.15) is 54.4 Å². The molecule has 0 atom stereocenters. The largest absolute Gasteiger partial charge is 0.481 e. The molecule has 22 heavy (non-hydrogen) atoms. The van der Waals surface area contributed by atoms with Crippen LogP contribution in [-0.2, 0) is 9.59 Å². The van der Waals surface area contributed by atoms with E-state index in [9.17, 15) is 9.59 Å². The summed E-state index contributed by atoms with van der Waals surface area (Å²) in [5, 5.41) is 11.3. The Hall–Kier alpha value is -1.84. The van der Waals surface area contributed by atoms with Gasteiger partial charge in [-0.2, -0.15) is 0 Å². The summed E-state index contributed by atoms with van der Waals surface area (Å²) in [7, 11) is 0. The van der Waals surface area contributed by atoms with Crippen LogP contribution >= 0.6 is 0 Å². The molecule has 4 nitrogen and oxygen atoms in total. The molecule has 2 N–H and O–H groups in total. The van der Waals surface area contributed by atoms with Gasteiger partial charge in [0.05, 0.1) is 5.41 Å². The van der Waals surface area contributed by atoms with Crippen LogP contribution < -0.4 is 5.32 Å². The van der Waals surface area contributed by atoms with E-state index in [2.05, 4.69) is 5.32 Å². The van der Waals surface area contributed by atoms with Crippen LogP contribution in [0.4, 0.5) is 5.69 Å². The minimum Gasteiger partial charge on any atom is -0.481 e. The van der Waals surface area contributed by atoms with Crippen molar-refractivity contribution in [3.63, 3.8) is 0 Å². The first-order valence-electron chi connectivity index (χ1n) is 7.66. The number of rotatable bonds is 5. The van der Waals surface area contributed by atoms with E-state index in [1.807, 2.05) is 58.0 Å². The van der Waals surface area contributed by atoms with Crippen LogP contribution in [-0.4, -0.2) is 17.0 Å². The van der Waals surface area contributed by atoms with Crippen LogP contribution in [0.15, 0.2) is 30.3 Å². The lowest BCUT2D eigenvalue weighted by molar-refractivity contribution is -0.147. The quantitative estimate of drug-likeness (QED) is 0.837. The number of carbonyl (C=O) groups is 2. The van der Waals surface area contributed by atoms with Gasteiger partial charge in [-0.3, -0.25) is 9.59 Å². The van der Waals surface area contributed by atoms with E-state index in [1.54, 1.807) is 13.8 Å². The molecule has 0 spiro atoms. The molecule has 0 unspecified atom stereocenters. The number of aliphatic carboxylic acids is 1. The third-order valence-electron chi connectivity index (χ3n) is 3.99. The number of benzene rings is 1. The molecule has 0 aliphatic heterocycles. The van der Waals surface area contributed by atoms with Crippen molar-refractivity contribution in [3.05, 3.63) is 30.3 Å². The van der Waals surface area contributed by atoms with E-state index in [0.29, 0.717) is 6.42 Å². The Morgan fingerprint density at radius 3 is 1.73 bits per heavy atom. The van der Waals surface area contributed by atoms with E-state index in [-0.39, 0.29) is 11.3 Å². The summed E-state index contributed by atoms with van der Waals surface area (Å²) in [6.45, 7) is 11.2. The second-order valence-corrected chi connectivity index (χ2v) is 6.60. The fraction of sp³-hybridized carbons (Fsp3) is 0.556. The smallest absolute Gasteiger partial charge is 0.309 e. The Morgan fingerprint density at radius 2 is 1.41 bits per heavy atom. The SMILES string of the molecule is CCC(C)(C)C(=O)Nc1ccccc1.CCC(C)(C)C(=O)O. The van der Waals surface area contributed by atoms with Gasteiger partial charge >= 0.3 is 5.97 Å². The van der Waals surface area contributed by atoms with Crippen LogP contribution in [0.3, 0.4) is 0 Å². The van der Waals surface area contributed by atoms with E-state index in [1.165, 1.54) is 0 Å². The van der Waals surface area contributed by atoms with Gasteiger partial charge in [0.1, 0.15) is 0 Å². The van der Waals surface area contributed by atoms with Crippen molar-refractivity contribution in [1.29, 1.82) is 0 Å². The number of hydrogen-bond donors (Lipinski definition) is 2. The van der Waals surface area contributed by atoms with Gasteiger partial charge in [-0.25, -0.2) is 0 Å². The predicted molar refractivity (Wildman–Crippen MR) is 90.9 cm³/mol. The summed E-state index contributed by atoms with van der Waals surface area (Å²) >= 11 is 0. The molecule has 1 amide bonds. The van der Waals surface area contributed by atoms with Crippen molar-refractivity contribution in [1.82, 2.24) is 0 Å². The van der Waals surface area contributed by atoms with E-state index in [0.717, 1.165) is 12.1 Å². The number of carboxylic acid groups (broad SMARTS) is 1. The Kier molecular flexibility index (Phi) is 7.85. The Morgan fingerprint density at radius 1 is 0.955 bits per heavy atom. The molecule has 1 aromatic carbocycles. The highest BCUT2D eigenvalue weighted by Gasteiger charge is 2.25. The number of amides is 1. The molecular weight excluding hydrogens is 278 g/mol. The molecule has 4 heteroatoms. The number of hydrogen-bond acceptors (Lipinski definition) is 2. The van der Waals surface area contributed by atoms with Crippen LogP contribution in [0.5, 0.6) is 0 Å².